The van der Waals surface area contributed by atoms with E-state index in [4.69, 9.17) is 21.4 Å². The van der Waals surface area contributed by atoms with Gasteiger partial charge in [0.2, 0.25) is 0 Å². The second-order valence-corrected chi connectivity index (χ2v) is 7.62. The summed E-state index contributed by atoms with van der Waals surface area (Å²) in [7, 11) is 1.35. The Kier molecular flexibility index (Phi) is 6.18. The number of pyridine rings is 1. The van der Waals surface area contributed by atoms with Gasteiger partial charge in [-0.1, -0.05) is 18.2 Å². The SMILES string of the molecule is COC(=O)CCN1C(=S)N[C@@H](c2ccccn2)[C@H]1c1ccc(-c2cccc(C(=O)O)c2)o1. The van der Waals surface area contributed by atoms with E-state index in [1.165, 1.54) is 13.2 Å². The Morgan fingerprint density at radius 1 is 1.22 bits per heavy atom. The van der Waals surface area contributed by atoms with Gasteiger partial charge in [0.25, 0.3) is 0 Å². The zero-order chi connectivity index (χ0) is 22.7. The Hall–Kier alpha value is -3.72. The average Bonchev–Trinajstić information content (AvgIpc) is 3.42. The van der Waals surface area contributed by atoms with Crippen molar-refractivity contribution in [2.45, 2.75) is 18.5 Å². The van der Waals surface area contributed by atoms with Crippen molar-refractivity contribution in [3.63, 3.8) is 0 Å². The van der Waals surface area contributed by atoms with Crippen LogP contribution >= 0.6 is 12.2 Å². The number of carboxylic acids is 1. The molecule has 1 aromatic carbocycles. The Balaban J connectivity index is 1.69. The number of benzene rings is 1. The van der Waals surface area contributed by atoms with E-state index in [0.717, 1.165) is 5.69 Å². The predicted octanol–water partition coefficient (Wildman–Crippen LogP) is 3.58. The number of nitrogens with zero attached hydrogens (tertiary/aromatic N) is 2. The summed E-state index contributed by atoms with van der Waals surface area (Å²) < 4.78 is 11.0. The van der Waals surface area contributed by atoms with Crippen molar-refractivity contribution in [3.05, 3.63) is 77.8 Å². The van der Waals surface area contributed by atoms with Crippen LogP contribution < -0.4 is 5.32 Å². The number of aromatic nitrogens is 1. The van der Waals surface area contributed by atoms with Gasteiger partial charge in [-0.05, 0) is 48.6 Å². The molecule has 164 valence electrons. The third-order valence-corrected chi connectivity index (χ3v) is 5.65. The van der Waals surface area contributed by atoms with Crippen LogP contribution in [0.5, 0.6) is 0 Å². The summed E-state index contributed by atoms with van der Waals surface area (Å²) in [6.45, 7) is 0.344. The topological polar surface area (TPSA) is 105 Å². The van der Waals surface area contributed by atoms with Crippen LogP contribution in [0, 0.1) is 0 Å². The summed E-state index contributed by atoms with van der Waals surface area (Å²) in [4.78, 5) is 29.4. The summed E-state index contributed by atoms with van der Waals surface area (Å²) in [6, 6.07) is 15.2. The maximum absolute atomic E-state index is 11.7. The molecule has 0 aliphatic carbocycles. The minimum absolute atomic E-state index is 0.165. The van der Waals surface area contributed by atoms with E-state index in [1.807, 2.05) is 29.2 Å². The number of furan rings is 1. The highest BCUT2D eigenvalue weighted by Crippen LogP contribution is 2.40. The smallest absolute Gasteiger partial charge is 0.335 e. The lowest BCUT2D eigenvalue weighted by Crippen LogP contribution is -2.31. The number of rotatable bonds is 7. The first-order chi connectivity index (χ1) is 15.5. The summed E-state index contributed by atoms with van der Waals surface area (Å²) in [5, 5.41) is 13.1. The first-order valence-electron chi connectivity index (χ1n) is 9.96. The molecule has 3 aromatic rings. The minimum atomic E-state index is -1.01. The largest absolute Gasteiger partial charge is 0.478 e. The second-order valence-electron chi connectivity index (χ2n) is 7.23. The first-order valence-corrected chi connectivity index (χ1v) is 10.4. The molecular formula is C23H21N3O5S. The van der Waals surface area contributed by atoms with Gasteiger partial charge < -0.3 is 24.5 Å². The number of methoxy groups -OCH3 is 1. The molecule has 0 bridgehead atoms. The van der Waals surface area contributed by atoms with Crippen LogP contribution in [-0.2, 0) is 9.53 Å². The number of hydrogen-bond donors (Lipinski definition) is 2. The van der Waals surface area contributed by atoms with Crippen molar-refractivity contribution in [1.82, 2.24) is 15.2 Å². The lowest BCUT2D eigenvalue weighted by molar-refractivity contribution is -0.140. The van der Waals surface area contributed by atoms with Crippen molar-refractivity contribution in [2.24, 2.45) is 0 Å². The van der Waals surface area contributed by atoms with Gasteiger partial charge in [0.15, 0.2) is 5.11 Å². The molecule has 9 heteroatoms. The second kappa shape index (κ2) is 9.19. The molecule has 1 saturated heterocycles. The van der Waals surface area contributed by atoms with Crippen molar-refractivity contribution in [2.75, 3.05) is 13.7 Å². The lowest BCUT2D eigenvalue weighted by atomic mass is 10.0. The molecule has 2 atom stereocenters. The summed E-state index contributed by atoms with van der Waals surface area (Å²) in [6.07, 6.45) is 1.87. The Morgan fingerprint density at radius 3 is 2.78 bits per heavy atom. The Morgan fingerprint density at radius 2 is 2.06 bits per heavy atom. The molecule has 4 rings (SSSR count). The van der Waals surface area contributed by atoms with Gasteiger partial charge in [-0.2, -0.15) is 0 Å². The predicted molar refractivity (Wildman–Crippen MR) is 120 cm³/mol. The molecule has 32 heavy (non-hydrogen) atoms. The van der Waals surface area contributed by atoms with Gasteiger partial charge in [0.1, 0.15) is 17.6 Å². The highest BCUT2D eigenvalue weighted by Gasteiger charge is 2.41. The zero-order valence-electron chi connectivity index (χ0n) is 17.2. The molecule has 2 aromatic heterocycles. The standard InChI is InChI=1S/C23H21N3O5S/c1-30-19(27)10-12-26-21(20(25-23(26)32)16-7-2-3-11-24-16)18-9-8-17(31-18)14-5-4-6-15(13-14)22(28)29/h2-9,11,13,20-21H,10,12H2,1H3,(H,25,32)(H,28,29)/t20-,21+/m0/s1. The maximum atomic E-state index is 11.7. The Labute approximate surface area is 189 Å². The highest BCUT2D eigenvalue weighted by molar-refractivity contribution is 7.80. The average molecular weight is 452 g/mol. The Bertz CT molecular complexity index is 1150. The van der Waals surface area contributed by atoms with Crippen molar-refractivity contribution in [1.29, 1.82) is 0 Å². The zero-order valence-corrected chi connectivity index (χ0v) is 18.0. The fourth-order valence-corrected chi connectivity index (χ4v) is 4.07. The molecular weight excluding hydrogens is 430 g/mol. The number of thiocarbonyl (C=S) groups is 1. The van der Waals surface area contributed by atoms with Crippen LogP contribution in [0.25, 0.3) is 11.3 Å². The molecule has 0 spiro atoms. The normalized spacial score (nSPS) is 17.8. The van der Waals surface area contributed by atoms with Gasteiger partial charge in [-0.3, -0.25) is 9.78 Å². The van der Waals surface area contributed by atoms with Crippen LogP contribution in [-0.4, -0.2) is 45.7 Å². The monoisotopic (exact) mass is 451 g/mol. The summed E-state index contributed by atoms with van der Waals surface area (Å²) in [5.74, 6) is -0.186. The number of hydrogen-bond acceptors (Lipinski definition) is 6. The molecule has 0 amide bonds. The minimum Gasteiger partial charge on any atom is -0.478 e. The molecule has 0 saturated carbocycles. The number of carbonyl (C=O) groups excluding carboxylic acids is 1. The number of aromatic carboxylic acids is 1. The molecule has 1 aliphatic rings. The highest BCUT2D eigenvalue weighted by atomic mass is 32.1. The third kappa shape index (κ3) is 4.33. The quantitative estimate of drug-likeness (QED) is 0.412. The van der Waals surface area contributed by atoms with Crippen LogP contribution in [0.3, 0.4) is 0 Å². The molecule has 2 N–H and O–H groups in total. The van der Waals surface area contributed by atoms with Gasteiger partial charge in [0.05, 0.1) is 30.8 Å². The van der Waals surface area contributed by atoms with Gasteiger partial charge in [0, 0.05) is 18.3 Å². The van der Waals surface area contributed by atoms with Crippen molar-refractivity contribution >= 4 is 29.3 Å². The van der Waals surface area contributed by atoms with E-state index in [-0.39, 0.29) is 30.0 Å². The van der Waals surface area contributed by atoms with Crippen molar-refractivity contribution in [3.8, 4) is 11.3 Å². The van der Waals surface area contributed by atoms with Crippen LogP contribution in [0.4, 0.5) is 0 Å². The van der Waals surface area contributed by atoms with E-state index >= 15 is 0 Å². The molecule has 0 unspecified atom stereocenters. The fraction of sp³-hybridized carbons (Fsp3) is 0.217. The summed E-state index contributed by atoms with van der Waals surface area (Å²) >= 11 is 5.56. The molecule has 1 fully saturated rings. The van der Waals surface area contributed by atoms with E-state index in [9.17, 15) is 14.7 Å². The molecule has 0 radical (unpaired) electrons. The van der Waals surface area contributed by atoms with Crippen LogP contribution in [0.1, 0.15) is 40.3 Å². The summed E-state index contributed by atoms with van der Waals surface area (Å²) in [5.41, 5.74) is 1.61. The first kappa shape index (κ1) is 21.5. The van der Waals surface area contributed by atoms with Crippen molar-refractivity contribution < 1.29 is 23.8 Å². The van der Waals surface area contributed by atoms with Crippen LogP contribution in [0.2, 0.25) is 0 Å². The van der Waals surface area contributed by atoms with E-state index < -0.39 is 5.97 Å². The van der Waals surface area contributed by atoms with Gasteiger partial charge in [-0.25, -0.2) is 4.79 Å². The van der Waals surface area contributed by atoms with E-state index in [2.05, 4.69) is 10.3 Å². The third-order valence-electron chi connectivity index (χ3n) is 5.29. The number of carboxylic acid groups (broad SMARTS) is 1. The van der Waals surface area contributed by atoms with Gasteiger partial charge >= 0.3 is 11.9 Å². The fourth-order valence-electron chi connectivity index (χ4n) is 3.74. The molecule has 1 aliphatic heterocycles. The lowest BCUT2D eigenvalue weighted by Gasteiger charge is -2.25. The van der Waals surface area contributed by atoms with E-state index in [1.54, 1.807) is 30.5 Å². The molecule has 8 nitrogen and oxygen atoms in total. The van der Waals surface area contributed by atoms with Crippen LogP contribution in [0.15, 0.2) is 65.2 Å². The molecule has 3 heterocycles. The van der Waals surface area contributed by atoms with E-state index in [0.29, 0.717) is 28.7 Å². The maximum Gasteiger partial charge on any atom is 0.335 e. The van der Waals surface area contributed by atoms with Gasteiger partial charge in [-0.15, -0.1) is 0 Å². The number of nitrogens with one attached hydrogen (secondary N) is 1. The number of esters is 1. The number of ether oxygens (including phenoxy) is 1. The number of carbonyl (C=O) groups is 2.